The van der Waals surface area contributed by atoms with Crippen molar-refractivity contribution in [1.82, 2.24) is 0 Å². The van der Waals surface area contributed by atoms with Crippen molar-refractivity contribution in [2.45, 2.75) is 44.9 Å². The van der Waals surface area contributed by atoms with Gasteiger partial charge in [-0.05, 0) is 157 Å². The zero-order valence-corrected chi connectivity index (χ0v) is 33.2. The first-order chi connectivity index (χ1) is 28.6. The Kier molecular flexibility index (Phi) is 8.19. The van der Waals surface area contributed by atoms with Crippen molar-refractivity contribution >= 4 is 40.0 Å². The predicted octanol–water partition coefficient (Wildman–Crippen LogP) is 15.5. The van der Waals surface area contributed by atoms with Gasteiger partial charge in [0, 0.05) is 22.5 Å². The van der Waals surface area contributed by atoms with E-state index in [2.05, 4.69) is 207 Å². The SMILES string of the molecule is CC1(C)c2ccccc2-c2cc(N(c3ccccc3)c3ccc(-c4c(-c5ccccc5)cc(-c5ccccc5)c5c6c(c7c(c45)C=CCC7)CCC=C6)cc3)ccc21. The summed E-state index contributed by atoms with van der Waals surface area (Å²) in [6, 6.07) is 60.8. The third-order valence-electron chi connectivity index (χ3n) is 13.0. The van der Waals surface area contributed by atoms with Crippen LogP contribution in [0.25, 0.3) is 67.4 Å². The maximum absolute atomic E-state index is 2.48. The smallest absolute Gasteiger partial charge is 0.0468 e. The fraction of sp³-hybridized carbons (Fsp3) is 0.123. The Labute approximate surface area is 342 Å². The zero-order chi connectivity index (χ0) is 38.8. The summed E-state index contributed by atoms with van der Waals surface area (Å²) in [7, 11) is 0. The Hall–Kier alpha value is -6.70. The average Bonchev–Trinajstić information content (AvgIpc) is 3.52. The van der Waals surface area contributed by atoms with Crippen LogP contribution in [0.1, 0.15) is 60.1 Å². The molecule has 0 amide bonds. The van der Waals surface area contributed by atoms with E-state index in [1.54, 1.807) is 5.56 Å². The second kappa shape index (κ2) is 13.7. The molecular formula is C57H45N. The van der Waals surface area contributed by atoms with E-state index in [-0.39, 0.29) is 5.41 Å². The highest BCUT2D eigenvalue weighted by Gasteiger charge is 2.35. The number of para-hydroxylation sites is 1. The van der Waals surface area contributed by atoms with Gasteiger partial charge in [-0.2, -0.15) is 0 Å². The molecule has 3 aliphatic rings. The second-order valence-corrected chi connectivity index (χ2v) is 16.6. The number of anilines is 3. The lowest BCUT2D eigenvalue weighted by Gasteiger charge is -2.29. The largest absolute Gasteiger partial charge is 0.310 e. The van der Waals surface area contributed by atoms with Gasteiger partial charge in [0.1, 0.15) is 0 Å². The predicted molar refractivity (Wildman–Crippen MR) is 247 cm³/mol. The van der Waals surface area contributed by atoms with Crippen molar-refractivity contribution in [3.63, 3.8) is 0 Å². The molecule has 0 aliphatic heterocycles. The molecule has 0 aromatic heterocycles. The molecule has 0 fully saturated rings. The number of benzene rings is 8. The molecule has 0 unspecified atom stereocenters. The highest BCUT2D eigenvalue weighted by Crippen LogP contribution is 2.52. The Morgan fingerprint density at radius 2 is 0.948 bits per heavy atom. The fourth-order valence-electron chi connectivity index (χ4n) is 10.3. The van der Waals surface area contributed by atoms with Crippen LogP contribution in [0.4, 0.5) is 17.1 Å². The van der Waals surface area contributed by atoms with Gasteiger partial charge >= 0.3 is 0 Å². The molecule has 0 saturated carbocycles. The van der Waals surface area contributed by atoms with Gasteiger partial charge in [-0.15, -0.1) is 0 Å². The number of hydrogen-bond donors (Lipinski definition) is 0. The number of fused-ring (bicyclic) bond motifs is 9. The van der Waals surface area contributed by atoms with Crippen LogP contribution in [0, 0.1) is 0 Å². The molecular weight excluding hydrogens is 699 g/mol. The molecule has 8 aromatic rings. The molecule has 0 radical (unpaired) electrons. The normalized spacial score (nSPS) is 14.4. The highest BCUT2D eigenvalue weighted by molar-refractivity contribution is 6.17. The number of allylic oxidation sites excluding steroid dienone is 2. The lowest BCUT2D eigenvalue weighted by atomic mass is 9.75. The van der Waals surface area contributed by atoms with Gasteiger partial charge in [0.25, 0.3) is 0 Å². The van der Waals surface area contributed by atoms with E-state index in [9.17, 15) is 0 Å². The number of nitrogens with zero attached hydrogens (tertiary/aromatic N) is 1. The topological polar surface area (TPSA) is 3.24 Å². The van der Waals surface area contributed by atoms with E-state index in [0.717, 1.165) is 42.7 Å². The molecule has 0 saturated heterocycles. The minimum Gasteiger partial charge on any atom is -0.310 e. The molecule has 0 spiro atoms. The van der Waals surface area contributed by atoms with Crippen molar-refractivity contribution in [1.29, 1.82) is 0 Å². The zero-order valence-electron chi connectivity index (χ0n) is 33.2. The maximum Gasteiger partial charge on any atom is 0.0468 e. The van der Waals surface area contributed by atoms with E-state index in [1.807, 2.05) is 0 Å². The fourth-order valence-corrected chi connectivity index (χ4v) is 10.3. The summed E-state index contributed by atoms with van der Waals surface area (Å²) in [5.41, 5.74) is 22.3. The van der Waals surface area contributed by atoms with Gasteiger partial charge < -0.3 is 4.90 Å². The molecule has 3 aliphatic carbocycles. The molecule has 1 heteroatoms. The van der Waals surface area contributed by atoms with E-state index >= 15 is 0 Å². The summed E-state index contributed by atoms with van der Waals surface area (Å²) >= 11 is 0. The summed E-state index contributed by atoms with van der Waals surface area (Å²) in [5, 5.41) is 2.73. The molecule has 0 N–H and O–H groups in total. The van der Waals surface area contributed by atoms with E-state index in [0.29, 0.717) is 0 Å². The average molecular weight is 744 g/mol. The lowest BCUT2D eigenvalue weighted by Crippen LogP contribution is -2.15. The lowest BCUT2D eigenvalue weighted by molar-refractivity contribution is 0.660. The van der Waals surface area contributed by atoms with Crippen molar-refractivity contribution in [2.24, 2.45) is 0 Å². The van der Waals surface area contributed by atoms with Gasteiger partial charge in [-0.3, -0.25) is 0 Å². The van der Waals surface area contributed by atoms with Crippen LogP contribution < -0.4 is 4.90 Å². The van der Waals surface area contributed by atoms with Crippen LogP contribution in [0.2, 0.25) is 0 Å². The Morgan fingerprint density at radius 1 is 0.414 bits per heavy atom. The summed E-state index contributed by atoms with van der Waals surface area (Å²) in [6.07, 6.45) is 14.0. The van der Waals surface area contributed by atoms with Gasteiger partial charge in [-0.25, -0.2) is 0 Å². The molecule has 278 valence electrons. The Bertz CT molecular complexity index is 2930. The van der Waals surface area contributed by atoms with Gasteiger partial charge in [0.15, 0.2) is 0 Å². The summed E-state index contributed by atoms with van der Waals surface area (Å²) in [6.45, 7) is 4.70. The van der Waals surface area contributed by atoms with Crippen molar-refractivity contribution < 1.29 is 0 Å². The Balaban J connectivity index is 1.15. The highest BCUT2D eigenvalue weighted by atomic mass is 15.1. The van der Waals surface area contributed by atoms with Crippen LogP contribution >= 0.6 is 0 Å². The Morgan fingerprint density at radius 3 is 1.62 bits per heavy atom. The number of rotatable bonds is 6. The van der Waals surface area contributed by atoms with Crippen molar-refractivity contribution in [2.75, 3.05) is 4.90 Å². The molecule has 8 aromatic carbocycles. The third-order valence-corrected chi connectivity index (χ3v) is 13.0. The molecule has 0 atom stereocenters. The molecule has 58 heavy (non-hydrogen) atoms. The first-order valence-electron chi connectivity index (χ1n) is 20.9. The number of hydrogen-bond acceptors (Lipinski definition) is 1. The summed E-state index contributed by atoms with van der Waals surface area (Å²) in [4.78, 5) is 2.42. The van der Waals surface area contributed by atoms with E-state index < -0.39 is 0 Å². The monoisotopic (exact) mass is 743 g/mol. The van der Waals surface area contributed by atoms with Crippen molar-refractivity contribution in [3.05, 3.63) is 209 Å². The van der Waals surface area contributed by atoms with Gasteiger partial charge in [0.05, 0.1) is 0 Å². The van der Waals surface area contributed by atoms with E-state index in [1.165, 1.54) is 83.1 Å². The maximum atomic E-state index is 2.48. The van der Waals surface area contributed by atoms with Crippen LogP contribution in [0.15, 0.2) is 176 Å². The first kappa shape index (κ1) is 34.5. The minimum atomic E-state index is -0.0393. The quantitative estimate of drug-likeness (QED) is 0.164. The van der Waals surface area contributed by atoms with Gasteiger partial charge in [0.2, 0.25) is 0 Å². The second-order valence-electron chi connectivity index (χ2n) is 16.6. The third kappa shape index (κ3) is 5.45. The van der Waals surface area contributed by atoms with Crippen LogP contribution in [0.3, 0.4) is 0 Å². The van der Waals surface area contributed by atoms with E-state index in [4.69, 9.17) is 0 Å². The molecule has 1 nitrogen and oxygen atoms in total. The van der Waals surface area contributed by atoms with Gasteiger partial charge in [-0.1, -0.05) is 159 Å². The van der Waals surface area contributed by atoms with Crippen LogP contribution in [0.5, 0.6) is 0 Å². The first-order valence-corrected chi connectivity index (χ1v) is 20.9. The summed E-state index contributed by atoms with van der Waals surface area (Å²) in [5.74, 6) is 0. The summed E-state index contributed by atoms with van der Waals surface area (Å²) < 4.78 is 0. The molecule has 0 bridgehead atoms. The van der Waals surface area contributed by atoms with Crippen LogP contribution in [-0.2, 0) is 18.3 Å². The molecule has 11 rings (SSSR count). The standard InChI is InChI=1S/C57H45N/c1-57(2)52-29-17-16-26-46(52)51-36-43(34-35-53(51)57)58(41-22-10-5-11-23-41)42-32-30-40(31-33-42)54-49(38-18-6-3-7-19-38)37-50(39-20-8-4-9-21-39)55-47-27-14-12-24-44(47)45-25-13-15-28-48(45)56(54)55/h3-11,14-23,26-37H,12-13,24-25H2,1-2H3. The van der Waals surface area contributed by atoms with Crippen molar-refractivity contribution in [3.8, 4) is 44.5 Å². The minimum absolute atomic E-state index is 0.0393. The molecule has 0 heterocycles. The van der Waals surface area contributed by atoms with Crippen LogP contribution in [-0.4, -0.2) is 0 Å².